The Morgan fingerprint density at radius 3 is 2.57 bits per heavy atom. The summed E-state index contributed by atoms with van der Waals surface area (Å²) in [4.78, 5) is 26.0. The number of hydrogen-bond donors (Lipinski definition) is 2. The molecule has 1 aliphatic rings. The predicted molar refractivity (Wildman–Crippen MR) is 108 cm³/mol. The van der Waals surface area contributed by atoms with Crippen LogP contribution in [0.5, 0.6) is 5.75 Å². The molecule has 1 aliphatic heterocycles. The highest BCUT2D eigenvalue weighted by molar-refractivity contribution is 6.14. The average molecular weight is 376 g/mol. The minimum atomic E-state index is -1.46. The molecule has 0 spiro atoms. The first-order chi connectivity index (χ1) is 13.5. The number of para-hydroxylation sites is 1. The minimum absolute atomic E-state index is 0.0110. The van der Waals surface area contributed by atoms with E-state index >= 15 is 0 Å². The fourth-order valence-corrected chi connectivity index (χ4v) is 3.39. The van der Waals surface area contributed by atoms with Gasteiger partial charge in [-0.3, -0.25) is 9.59 Å². The number of aryl methyl sites for hydroxylation is 2. The molecule has 3 aromatic rings. The molecular formula is C22H20N2O4. The van der Waals surface area contributed by atoms with Gasteiger partial charge < -0.3 is 19.7 Å². The molecule has 2 N–H and O–H groups in total. The van der Waals surface area contributed by atoms with Gasteiger partial charge in [0.2, 0.25) is 12.1 Å². The third-order valence-corrected chi connectivity index (χ3v) is 4.87. The van der Waals surface area contributed by atoms with E-state index in [9.17, 15) is 14.7 Å². The molecule has 6 heteroatoms. The largest absolute Gasteiger partial charge is 0.459 e. The molecule has 142 valence electrons. The molecule has 1 unspecified atom stereocenters. The number of carbonyl (C=O) groups excluding carboxylic acids is 1. The van der Waals surface area contributed by atoms with Crippen LogP contribution in [-0.4, -0.2) is 21.7 Å². The molecule has 0 radical (unpaired) electrons. The smallest absolute Gasteiger partial charge is 0.266 e. The van der Waals surface area contributed by atoms with E-state index in [2.05, 4.69) is 5.32 Å². The lowest BCUT2D eigenvalue weighted by molar-refractivity contribution is 0.00872. The van der Waals surface area contributed by atoms with Crippen molar-refractivity contribution in [3.05, 3.63) is 81.8 Å². The summed E-state index contributed by atoms with van der Waals surface area (Å²) in [6.45, 7) is 4.24. The van der Waals surface area contributed by atoms with Crippen LogP contribution >= 0.6 is 0 Å². The monoisotopic (exact) mass is 376 g/mol. The van der Waals surface area contributed by atoms with Crippen LogP contribution in [0.1, 0.15) is 22.8 Å². The fourth-order valence-electron chi connectivity index (χ4n) is 3.39. The maximum atomic E-state index is 13.1. The number of aliphatic hydroxyl groups excluding tert-OH is 1. The predicted octanol–water partition coefficient (Wildman–Crippen LogP) is 3.22. The molecular weight excluding hydrogens is 356 g/mol. The van der Waals surface area contributed by atoms with Gasteiger partial charge in [0.15, 0.2) is 0 Å². The van der Waals surface area contributed by atoms with Crippen LogP contribution in [0.2, 0.25) is 0 Å². The number of anilines is 1. The van der Waals surface area contributed by atoms with Crippen LogP contribution in [0.15, 0.2) is 65.1 Å². The van der Waals surface area contributed by atoms with Gasteiger partial charge in [-0.05, 0) is 38.1 Å². The molecule has 0 amide bonds. The zero-order valence-corrected chi connectivity index (χ0v) is 15.6. The van der Waals surface area contributed by atoms with Gasteiger partial charge in [0.1, 0.15) is 11.3 Å². The molecule has 0 bridgehead atoms. The number of carbonyl (C=O) groups is 1. The van der Waals surface area contributed by atoms with Crippen LogP contribution in [0.3, 0.4) is 0 Å². The van der Waals surface area contributed by atoms with Gasteiger partial charge in [0.25, 0.3) is 5.56 Å². The van der Waals surface area contributed by atoms with Gasteiger partial charge in [-0.25, -0.2) is 0 Å². The number of nitrogens with zero attached hydrogens (tertiary/aromatic N) is 1. The van der Waals surface area contributed by atoms with Crippen molar-refractivity contribution < 1.29 is 14.6 Å². The van der Waals surface area contributed by atoms with E-state index in [0.29, 0.717) is 17.4 Å². The summed E-state index contributed by atoms with van der Waals surface area (Å²) in [5.74, 6) is -0.401. The number of Topliss-reactive ketones (excluding diaryl/α,β-unsaturated/α-hetero) is 1. The summed E-state index contributed by atoms with van der Waals surface area (Å²) >= 11 is 0. The van der Waals surface area contributed by atoms with Gasteiger partial charge in [-0.2, -0.15) is 0 Å². The van der Waals surface area contributed by atoms with Gasteiger partial charge in [-0.15, -0.1) is 0 Å². The first-order valence-electron chi connectivity index (χ1n) is 9.09. The Bertz CT molecular complexity index is 1160. The second kappa shape index (κ2) is 6.98. The highest BCUT2D eigenvalue weighted by Gasteiger charge is 2.35. The van der Waals surface area contributed by atoms with Gasteiger partial charge in [0.05, 0.1) is 11.1 Å². The van der Waals surface area contributed by atoms with Crippen molar-refractivity contribution in [1.82, 2.24) is 4.57 Å². The lowest BCUT2D eigenvalue weighted by Gasteiger charge is -2.26. The van der Waals surface area contributed by atoms with E-state index < -0.39 is 17.6 Å². The normalized spacial score (nSPS) is 17.5. The quantitative estimate of drug-likeness (QED) is 0.686. The summed E-state index contributed by atoms with van der Waals surface area (Å²) in [5, 5.41) is 14.0. The second-order valence-electron chi connectivity index (χ2n) is 6.68. The first-order valence-corrected chi connectivity index (χ1v) is 9.09. The fraction of sp³-hybridized carbons (Fsp3) is 0.182. The van der Waals surface area contributed by atoms with Gasteiger partial charge >= 0.3 is 0 Å². The number of ether oxygens (including phenoxy) is 1. The van der Waals surface area contributed by atoms with E-state index in [1.165, 1.54) is 10.8 Å². The number of rotatable bonds is 3. The van der Waals surface area contributed by atoms with Gasteiger partial charge in [-0.1, -0.05) is 29.8 Å². The van der Waals surface area contributed by atoms with Crippen molar-refractivity contribution in [3.8, 4) is 5.75 Å². The van der Waals surface area contributed by atoms with Crippen molar-refractivity contribution in [2.75, 3.05) is 5.32 Å². The molecule has 4 rings (SSSR count). The molecule has 1 aromatic heterocycles. The lowest BCUT2D eigenvalue weighted by atomic mass is 9.98. The molecule has 1 atom stereocenters. The summed E-state index contributed by atoms with van der Waals surface area (Å²) in [6.07, 6.45) is -0.0656. The van der Waals surface area contributed by atoms with E-state index in [-0.39, 0.29) is 16.9 Å². The number of fused-ring (bicyclic) bond motifs is 3. The lowest BCUT2D eigenvalue weighted by Crippen LogP contribution is -2.37. The van der Waals surface area contributed by atoms with Crippen molar-refractivity contribution in [2.24, 2.45) is 0 Å². The number of aromatic nitrogens is 1. The highest BCUT2D eigenvalue weighted by atomic mass is 16.6. The third-order valence-electron chi connectivity index (χ3n) is 4.87. The summed E-state index contributed by atoms with van der Waals surface area (Å²) in [6, 6.07) is 14.8. The number of hydrogen-bond acceptors (Lipinski definition) is 5. The molecule has 2 heterocycles. The van der Waals surface area contributed by atoms with Crippen molar-refractivity contribution in [3.63, 3.8) is 0 Å². The Kier molecular flexibility index (Phi) is 4.49. The second-order valence-corrected chi connectivity index (χ2v) is 6.68. The summed E-state index contributed by atoms with van der Waals surface area (Å²) in [7, 11) is 0. The van der Waals surface area contributed by atoms with E-state index in [0.717, 1.165) is 11.3 Å². The SMILES string of the molecule is CCn1c(=O)c2c(c3ccccc31)OC(O)/C(=C/Nc1ccc(C)cc1)C2=O. The number of ketones is 1. The Hall–Kier alpha value is -3.38. The van der Waals surface area contributed by atoms with Crippen molar-refractivity contribution >= 4 is 22.4 Å². The van der Waals surface area contributed by atoms with Crippen molar-refractivity contribution in [1.29, 1.82) is 0 Å². The number of benzene rings is 2. The minimum Gasteiger partial charge on any atom is -0.459 e. The third kappa shape index (κ3) is 2.88. The van der Waals surface area contributed by atoms with E-state index in [1.54, 1.807) is 18.2 Å². The average Bonchev–Trinajstić information content (AvgIpc) is 2.69. The van der Waals surface area contributed by atoms with Crippen molar-refractivity contribution in [2.45, 2.75) is 26.7 Å². The molecule has 0 aliphatic carbocycles. The number of pyridine rings is 1. The highest BCUT2D eigenvalue weighted by Crippen LogP contribution is 2.34. The van der Waals surface area contributed by atoms with Crippen LogP contribution in [0, 0.1) is 6.92 Å². The Labute approximate surface area is 161 Å². The Morgan fingerprint density at radius 2 is 1.86 bits per heavy atom. The molecule has 0 fully saturated rings. The van der Waals surface area contributed by atoms with Crippen LogP contribution in [-0.2, 0) is 6.54 Å². The molecule has 28 heavy (non-hydrogen) atoms. The van der Waals surface area contributed by atoms with Crippen LogP contribution in [0.25, 0.3) is 10.9 Å². The zero-order valence-electron chi connectivity index (χ0n) is 15.6. The molecule has 6 nitrogen and oxygen atoms in total. The van der Waals surface area contributed by atoms with E-state index in [1.807, 2.05) is 44.2 Å². The topological polar surface area (TPSA) is 80.6 Å². The molecule has 0 saturated carbocycles. The number of aliphatic hydroxyl groups is 1. The molecule has 2 aromatic carbocycles. The van der Waals surface area contributed by atoms with Gasteiger partial charge in [0, 0.05) is 23.8 Å². The summed E-state index contributed by atoms with van der Waals surface area (Å²) < 4.78 is 7.17. The maximum absolute atomic E-state index is 13.1. The maximum Gasteiger partial charge on any atom is 0.266 e. The van der Waals surface area contributed by atoms with E-state index in [4.69, 9.17) is 4.74 Å². The first kappa shape index (κ1) is 18.0. The number of nitrogens with one attached hydrogen (secondary N) is 1. The standard InChI is InChI=1S/C22H20N2O4/c1-3-24-17-7-5-4-6-15(17)20-18(21(24)26)19(25)16(22(27)28-20)12-23-14-10-8-13(2)9-11-14/h4-12,22-23,27H,3H2,1-2H3/b16-12+. The molecule has 0 saturated heterocycles. The zero-order chi connectivity index (χ0) is 19.8. The Morgan fingerprint density at radius 1 is 1.14 bits per heavy atom. The van der Waals surface area contributed by atoms with Crippen LogP contribution < -0.4 is 15.6 Å². The Balaban J connectivity index is 1.82. The van der Waals surface area contributed by atoms with Crippen LogP contribution in [0.4, 0.5) is 5.69 Å². The summed E-state index contributed by atoms with van der Waals surface area (Å²) in [5.41, 5.74) is 2.05.